The fourth-order valence-electron chi connectivity index (χ4n) is 1.59. The first kappa shape index (κ1) is 14.2. The first-order chi connectivity index (χ1) is 9.40. The summed E-state index contributed by atoms with van der Waals surface area (Å²) in [5.41, 5.74) is 0.516. The van der Waals surface area contributed by atoms with Gasteiger partial charge in [0.05, 0.1) is 5.02 Å². The fraction of sp³-hybridized carbons (Fsp3) is 0.0769. The van der Waals surface area contributed by atoms with Crippen molar-refractivity contribution in [1.82, 2.24) is 4.98 Å². The summed E-state index contributed by atoms with van der Waals surface area (Å²) >= 11 is 5.82. The van der Waals surface area contributed by atoms with Gasteiger partial charge in [-0.2, -0.15) is 5.26 Å². The fourth-order valence-corrected chi connectivity index (χ4v) is 1.79. The predicted octanol–water partition coefficient (Wildman–Crippen LogP) is 4.17. The van der Waals surface area contributed by atoms with E-state index in [1.807, 2.05) is 0 Å². The summed E-state index contributed by atoms with van der Waals surface area (Å²) < 4.78 is 40.9. The van der Waals surface area contributed by atoms with E-state index in [1.54, 1.807) is 12.1 Å². The highest BCUT2D eigenvalue weighted by molar-refractivity contribution is 6.31. The van der Waals surface area contributed by atoms with Crippen LogP contribution in [0.25, 0.3) is 11.1 Å². The maximum absolute atomic E-state index is 12.3. The molecule has 0 radical (unpaired) electrons. The van der Waals surface area contributed by atoms with Crippen LogP contribution in [0.1, 0.15) is 5.69 Å². The number of para-hydroxylation sites is 1. The molecule has 0 N–H and O–H groups in total. The van der Waals surface area contributed by atoms with Crippen LogP contribution in [0.3, 0.4) is 0 Å². The van der Waals surface area contributed by atoms with Crippen molar-refractivity contribution in [2.24, 2.45) is 0 Å². The van der Waals surface area contributed by atoms with Crippen LogP contribution in [0.5, 0.6) is 5.75 Å². The normalized spacial score (nSPS) is 10.9. The molecule has 0 bridgehead atoms. The molecule has 1 heterocycles. The Morgan fingerprint density at radius 2 is 1.95 bits per heavy atom. The van der Waals surface area contributed by atoms with Crippen molar-refractivity contribution in [3.8, 4) is 22.9 Å². The molecule has 0 unspecified atom stereocenters. The van der Waals surface area contributed by atoms with Crippen molar-refractivity contribution < 1.29 is 17.9 Å². The molecule has 0 aliphatic rings. The molecule has 1 aromatic carbocycles. The number of hydrogen-bond acceptors (Lipinski definition) is 3. The van der Waals surface area contributed by atoms with Crippen molar-refractivity contribution in [3.63, 3.8) is 0 Å². The predicted molar refractivity (Wildman–Crippen MR) is 66.1 cm³/mol. The van der Waals surface area contributed by atoms with Gasteiger partial charge in [0.1, 0.15) is 11.8 Å². The van der Waals surface area contributed by atoms with E-state index in [0.29, 0.717) is 5.56 Å². The van der Waals surface area contributed by atoms with Gasteiger partial charge >= 0.3 is 6.36 Å². The lowest BCUT2D eigenvalue weighted by Crippen LogP contribution is -2.17. The van der Waals surface area contributed by atoms with Crippen molar-refractivity contribution in [3.05, 3.63) is 47.2 Å². The molecule has 3 nitrogen and oxygen atoms in total. The number of nitriles is 1. The zero-order valence-electron chi connectivity index (χ0n) is 9.78. The van der Waals surface area contributed by atoms with Crippen LogP contribution in [0.2, 0.25) is 5.02 Å². The standard InChI is InChI=1S/C13H6ClF3N2O/c14-10-5-8(7-19-11(10)6-18)9-3-1-2-4-12(9)20-13(15,16)17/h1-5,7H. The first-order valence-electron chi connectivity index (χ1n) is 5.31. The van der Waals surface area contributed by atoms with Gasteiger partial charge in [0, 0.05) is 17.3 Å². The van der Waals surface area contributed by atoms with Crippen molar-refractivity contribution in [2.75, 3.05) is 0 Å². The third kappa shape index (κ3) is 3.19. The largest absolute Gasteiger partial charge is 0.573 e. The van der Waals surface area contributed by atoms with Crippen molar-refractivity contribution >= 4 is 11.6 Å². The number of hydrogen-bond donors (Lipinski definition) is 0. The quantitative estimate of drug-likeness (QED) is 0.836. The zero-order valence-corrected chi connectivity index (χ0v) is 10.5. The number of aromatic nitrogens is 1. The molecule has 0 fully saturated rings. The Labute approximate surface area is 117 Å². The molecule has 0 atom stereocenters. The van der Waals surface area contributed by atoms with Gasteiger partial charge in [-0.05, 0) is 12.1 Å². The summed E-state index contributed by atoms with van der Waals surface area (Å²) in [6.45, 7) is 0. The van der Waals surface area contributed by atoms with Gasteiger partial charge in [0.15, 0.2) is 5.69 Å². The number of ether oxygens (including phenoxy) is 1. The summed E-state index contributed by atoms with van der Waals surface area (Å²) in [7, 11) is 0. The highest BCUT2D eigenvalue weighted by Gasteiger charge is 2.32. The number of rotatable bonds is 2. The lowest BCUT2D eigenvalue weighted by Gasteiger charge is -2.13. The second-order valence-electron chi connectivity index (χ2n) is 3.71. The van der Waals surface area contributed by atoms with Crippen LogP contribution in [0, 0.1) is 11.3 Å². The third-order valence-electron chi connectivity index (χ3n) is 2.37. The van der Waals surface area contributed by atoms with Gasteiger partial charge in [0.2, 0.25) is 0 Å². The topological polar surface area (TPSA) is 45.9 Å². The van der Waals surface area contributed by atoms with Crippen molar-refractivity contribution in [1.29, 1.82) is 5.26 Å². The smallest absolute Gasteiger partial charge is 0.405 e. The van der Waals surface area contributed by atoms with E-state index in [9.17, 15) is 13.2 Å². The molecule has 1 aromatic heterocycles. The molecule has 2 rings (SSSR count). The van der Waals surface area contributed by atoms with Gasteiger partial charge in [-0.25, -0.2) is 4.98 Å². The Morgan fingerprint density at radius 1 is 1.25 bits per heavy atom. The van der Waals surface area contributed by atoms with Crippen LogP contribution < -0.4 is 4.74 Å². The minimum Gasteiger partial charge on any atom is -0.405 e. The van der Waals surface area contributed by atoms with Gasteiger partial charge in [0.25, 0.3) is 0 Å². The van der Waals surface area contributed by atoms with Crippen LogP contribution in [0.15, 0.2) is 36.5 Å². The number of pyridine rings is 1. The molecule has 0 aliphatic carbocycles. The lowest BCUT2D eigenvalue weighted by atomic mass is 10.1. The second kappa shape index (κ2) is 5.39. The Kier molecular flexibility index (Phi) is 3.81. The Balaban J connectivity index is 2.48. The minimum atomic E-state index is -4.79. The summed E-state index contributed by atoms with van der Waals surface area (Å²) in [4.78, 5) is 3.78. The molecule has 0 saturated carbocycles. The molecule has 0 spiro atoms. The van der Waals surface area contributed by atoms with Gasteiger partial charge in [-0.15, -0.1) is 13.2 Å². The lowest BCUT2D eigenvalue weighted by molar-refractivity contribution is -0.274. The summed E-state index contributed by atoms with van der Waals surface area (Å²) in [5, 5.41) is 8.78. The molecule has 20 heavy (non-hydrogen) atoms. The summed E-state index contributed by atoms with van der Waals surface area (Å²) in [6, 6.07) is 8.75. The number of alkyl halides is 3. The van der Waals surface area contributed by atoms with E-state index in [4.69, 9.17) is 16.9 Å². The van der Waals surface area contributed by atoms with E-state index in [0.717, 1.165) is 0 Å². The molecule has 0 amide bonds. The first-order valence-corrected chi connectivity index (χ1v) is 5.69. The Hall–Kier alpha value is -2.26. The van der Waals surface area contributed by atoms with Crippen molar-refractivity contribution in [2.45, 2.75) is 6.36 Å². The maximum Gasteiger partial charge on any atom is 0.573 e. The second-order valence-corrected chi connectivity index (χ2v) is 4.12. The molecule has 0 aliphatic heterocycles. The van der Waals surface area contributed by atoms with Crippen LogP contribution in [0.4, 0.5) is 13.2 Å². The zero-order chi connectivity index (χ0) is 14.8. The SMILES string of the molecule is N#Cc1ncc(-c2ccccc2OC(F)(F)F)cc1Cl. The molecular weight excluding hydrogens is 293 g/mol. The maximum atomic E-state index is 12.3. The van der Waals surface area contributed by atoms with Crippen LogP contribution >= 0.6 is 11.6 Å². The van der Waals surface area contributed by atoms with E-state index >= 15 is 0 Å². The van der Waals surface area contributed by atoms with Crippen LogP contribution in [-0.4, -0.2) is 11.3 Å². The number of benzene rings is 1. The highest BCUT2D eigenvalue weighted by Crippen LogP contribution is 2.34. The highest BCUT2D eigenvalue weighted by atomic mass is 35.5. The monoisotopic (exact) mass is 298 g/mol. The Morgan fingerprint density at radius 3 is 2.55 bits per heavy atom. The van der Waals surface area contributed by atoms with E-state index in [2.05, 4.69) is 9.72 Å². The molecule has 102 valence electrons. The third-order valence-corrected chi connectivity index (χ3v) is 2.66. The summed E-state index contributed by atoms with van der Waals surface area (Å²) in [5.74, 6) is -0.359. The average Bonchev–Trinajstić information content (AvgIpc) is 2.37. The van der Waals surface area contributed by atoms with Gasteiger partial charge in [-0.3, -0.25) is 0 Å². The minimum absolute atomic E-state index is 0.00429. The average molecular weight is 299 g/mol. The van der Waals surface area contributed by atoms with E-state index in [-0.39, 0.29) is 22.0 Å². The summed E-state index contributed by atoms with van der Waals surface area (Å²) in [6.07, 6.45) is -3.52. The number of nitrogens with zero attached hydrogens (tertiary/aromatic N) is 2. The van der Waals surface area contributed by atoms with Crippen LogP contribution in [-0.2, 0) is 0 Å². The number of halogens is 4. The molecule has 2 aromatic rings. The van der Waals surface area contributed by atoms with Gasteiger partial charge < -0.3 is 4.74 Å². The Bertz CT molecular complexity index is 680. The molecule has 0 saturated heterocycles. The molecule has 7 heteroatoms. The van der Waals surface area contributed by atoms with E-state index in [1.165, 1.54) is 30.5 Å². The molecular formula is C13H6ClF3N2O. The van der Waals surface area contributed by atoms with E-state index < -0.39 is 6.36 Å². The van der Waals surface area contributed by atoms with Gasteiger partial charge in [-0.1, -0.05) is 29.8 Å².